The van der Waals surface area contributed by atoms with Gasteiger partial charge in [0.15, 0.2) is 0 Å². The molecule has 6 aromatic rings. The van der Waals surface area contributed by atoms with Crippen molar-refractivity contribution >= 4 is 78.6 Å². The summed E-state index contributed by atoms with van der Waals surface area (Å²) in [6.07, 6.45) is 0. The molecule has 0 aromatic heterocycles. The number of aryl methyl sites for hydroxylation is 2. The lowest BCUT2D eigenvalue weighted by atomic mass is 10.0. The first-order chi connectivity index (χ1) is 23.1. The molecule has 6 heteroatoms. The van der Waals surface area contributed by atoms with Crippen LogP contribution in [-0.4, -0.2) is 37.1 Å². The third-order valence-corrected chi connectivity index (χ3v) is 19.6. The van der Waals surface area contributed by atoms with E-state index in [1.807, 2.05) is 0 Å². The average molecular weight is 689 g/mol. The van der Waals surface area contributed by atoms with E-state index in [2.05, 4.69) is 195 Å². The van der Waals surface area contributed by atoms with Gasteiger partial charge < -0.3 is 0 Å². The van der Waals surface area contributed by atoms with E-state index in [1.54, 1.807) is 0 Å². The zero-order valence-electron chi connectivity index (χ0n) is 28.5. The summed E-state index contributed by atoms with van der Waals surface area (Å²) >= 11 is 0. The van der Waals surface area contributed by atoms with Gasteiger partial charge in [0.2, 0.25) is 0 Å². The molecule has 0 N–H and O–H groups in total. The highest BCUT2D eigenvalue weighted by molar-refractivity contribution is 7.10. The van der Waals surface area contributed by atoms with E-state index >= 15 is 0 Å². The maximum Gasteiger partial charge on any atom is 0.329 e. The van der Waals surface area contributed by atoms with Gasteiger partial charge in [-0.25, -0.2) is 0 Å². The Morgan fingerprint density at radius 1 is 0.375 bits per heavy atom. The second kappa shape index (κ2) is 13.9. The van der Waals surface area contributed by atoms with Gasteiger partial charge in [0.1, 0.15) is 0 Å². The molecule has 0 amide bonds. The van der Waals surface area contributed by atoms with E-state index in [-0.39, 0.29) is 0 Å². The monoisotopic (exact) mass is 688 g/mol. The molecule has 6 rings (SSSR count). The summed E-state index contributed by atoms with van der Waals surface area (Å²) in [5.74, 6) is 0. The van der Waals surface area contributed by atoms with Crippen LogP contribution in [0.1, 0.15) is 33.4 Å². The minimum absolute atomic E-state index is 1.05. The van der Waals surface area contributed by atoms with Gasteiger partial charge in [-0.1, -0.05) is 144 Å². The van der Waals surface area contributed by atoms with Gasteiger partial charge >= 0.3 is 16.6 Å². The first-order valence-corrected chi connectivity index (χ1v) is 21.2. The van der Waals surface area contributed by atoms with Crippen LogP contribution in [0.25, 0.3) is 0 Å². The number of hydrogen-bond acceptors (Lipinski definition) is 2. The summed E-state index contributed by atoms with van der Waals surface area (Å²) in [4.78, 5) is 0. The minimum Gasteiger partial charge on any atom is -0.279 e. The Balaban J connectivity index is 1.73. The quantitative estimate of drug-likeness (QED) is 0.1000. The minimum atomic E-state index is -3.37. The molecule has 0 unspecified atom stereocenters. The predicted octanol–water partition coefficient (Wildman–Crippen LogP) is 3.71. The van der Waals surface area contributed by atoms with Crippen molar-refractivity contribution in [3.05, 3.63) is 167 Å². The van der Waals surface area contributed by atoms with Crippen LogP contribution < -0.4 is 41.5 Å². The van der Waals surface area contributed by atoms with Crippen molar-refractivity contribution in [1.29, 1.82) is 0 Å². The van der Waals surface area contributed by atoms with E-state index in [0.29, 0.717) is 0 Å². The second-order valence-corrected chi connectivity index (χ2v) is 20.2. The van der Waals surface area contributed by atoms with Crippen LogP contribution in [0.2, 0.25) is 0 Å². The van der Waals surface area contributed by atoms with Crippen molar-refractivity contribution in [3.63, 3.8) is 0 Å². The summed E-state index contributed by atoms with van der Waals surface area (Å²) < 4.78 is 15.1. The Morgan fingerprint density at radius 3 is 0.875 bits per heavy atom. The number of hydrogen-bond donors (Lipinski definition) is 0. The summed E-state index contributed by atoms with van der Waals surface area (Å²) in [5.41, 5.74) is 7.38. The molecule has 0 bridgehead atoms. The third kappa shape index (κ3) is 5.76. The van der Waals surface area contributed by atoms with Crippen LogP contribution in [0.15, 0.2) is 133 Å². The summed E-state index contributed by atoms with van der Waals surface area (Å²) in [5, 5.41) is 8.78. The molecule has 48 heavy (non-hydrogen) atoms. The van der Waals surface area contributed by atoms with Crippen molar-refractivity contribution < 1.29 is 9.15 Å². The highest BCUT2D eigenvalue weighted by atomic mass is 28.4. The first kappa shape index (κ1) is 34.0. The summed E-state index contributed by atoms with van der Waals surface area (Å²) in [7, 11) is 1.58. The van der Waals surface area contributed by atoms with Crippen LogP contribution >= 0.6 is 0 Å². The van der Waals surface area contributed by atoms with E-state index in [9.17, 15) is 0 Å². The molecule has 0 saturated carbocycles. The fourth-order valence-corrected chi connectivity index (χ4v) is 16.4. The molecule has 0 aliphatic carbocycles. The highest BCUT2D eigenvalue weighted by Gasteiger charge is 2.51. The maximum absolute atomic E-state index is 7.56. The number of benzene rings is 6. The molecular formula is C42H40O2Si4. The lowest BCUT2D eigenvalue weighted by molar-refractivity contribution is -0.112. The van der Waals surface area contributed by atoms with E-state index in [0.717, 1.165) is 41.5 Å². The fourth-order valence-electron chi connectivity index (χ4n) is 6.77. The average Bonchev–Trinajstić information content (AvgIpc) is 3.13. The smallest absolute Gasteiger partial charge is 0.279 e. The normalized spacial score (nSPS) is 11.9. The maximum atomic E-state index is 7.56. The third-order valence-electron chi connectivity index (χ3n) is 10.1. The topological polar surface area (TPSA) is 18.5 Å². The Labute approximate surface area is 294 Å². The molecule has 2 nitrogen and oxygen atoms in total. The fraction of sp³-hybridized carbons (Fsp3) is 0.143. The molecule has 6 aromatic carbocycles. The Kier molecular flexibility index (Phi) is 9.85. The van der Waals surface area contributed by atoms with Crippen molar-refractivity contribution in [2.24, 2.45) is 0 Å². The van der Waals surface area contributed by atoms with Crippen molar-refractivity contribution in [1.82, 2.24) is 0 Å². The van der Waals surface area contributed by atoms with E-state index in [4.69, 9.17) is 9.15 Å². The highest BCUT2D eigenvalue weighted by Crippen LogP contribution is 2.20. The van der Waals surface area contributed by atoms with Crippen LogP contribution in [-0.2, 0) is 9.15 Å². The first-order valence-electron chi connectivity index (χ1n) is 16.4. The summed E-state index contributed by atoms with van der Waals surface area (Å²) in [6.45, 7) is 13.1. The molecular weight excluding hydrogens is 649 g/mol. The predicted molar refractivity (Wildman–Crippen MR) is 209 cm³/mol. The van der Waals surface area contributed by atoms with Crippen LogP contribution in [0, 0.1) is 41.5 Å². The zero-order valence-corrected chi connectivity index (χ0v) is 32.5. The lowest BCUT2D eigenvalue weighted by Crippen LogP contribution is -2.77. The van der Waals surface area contributed by atoms with Crippen molar-refractivity contribution in [3.8, 4) is 0 Å². The number of rotatable bonds is 9. The SMILES string of the molecule is Cc1cc([Si](OO[Si](c2ccccc2)(c2ccccc2)c2cc(C)c(C)c(C)c2[Si])(c2ccccc2)c2ccccc2)c([Si])c(C)c1C. The van der Waals surface area contributed by atoms with Crippen molar-refractivity contribution in [2.75, 3.05) is 0 Å². The van der Waals surface area contributed by atoms with Gasteiger partial charge in [0.25, 0.3) is 0 Å². The largest absolute Gasteiger partial charge is 0.329 e. The molecule has 6 radical (unpaired) electrons. The Bertz CT molecular complexity index is 1820. The van der Waals surface area contributed by atoms with E-state index < -0.39 is 16.6 Å². The van der Waals surface area contributed by atoms with Gasteiger partial charge in [-0.3, -0.25) is 9.15 Å². The molecule has 0 spiro atoms. The molecule has 0 heterocycles. The Morgan fingerprint density at radius 2 is 0.625 bits per heavy atom. The van der Waals surface area contributed by atoms with E-state index in [1.165, 1.54) is 33.4 Å². The van der Waals surface area contributed by atoms with Gasteiger partial charge in [-0.2, -0.15) is 0 Å². The molecule has 0 saturated heterocycles. The molecule has 236 valence electrons. The van der Waals surface area contributed by atoms with Gasteiger partial charge in [-0.15, -0.1) is 0 Å². The lowest BCUT2D eigenvalue weighted by Gasteiger charge is -2.40. The Hall–Kier alpha value is -3.89. The van der Waals surface area contributed by atoms with Crippen molar-refractivity contribution in [2.45, 2.75) is 41.5 Å². The summed E-state index contributed by atoms with van der Waals surface area (Å²) in [6, 6.07) is 47.3. The van der Waals surface area contributed by atoms with Crippen LogP contribution in [0.4, 0.5) is 0 Å². The molecule has 0 fully saturated rings. The second-order valence-electron chi connectivity index (χ2n) is 12.7. The molecule has 0 aliphatic heterocycles. The van der Waals surface area contributed by atoms with Gasteiger partial charge in [0, 0.05) is 0 Å². The van der Waals surface area contributed by atoms with Crippen LogP contribution in [0.3, 0.4) is 0 Å². The van der Waals surface area contributed by atoms with Gasteiger partial charge in [-0.05, 0) is 106 Å². The molecule has 0 aliphatic rings. The van der Waals surface area contributed by atoms with Gasteiger partial charge in [0.05, 0.1) is 20.5 Å². The van der Waals surface area contributed by atoms with Crippen LogP contribution in [0.5, 0.6) is 0 Å². The molecule has 0 atom stereocenters. The zero-order chi connectivity index (χ0) is 34.1. The standard InChI is InChI=1S/C42H40O2Si4/c1-29-27-39(41(45)33(5)31(29)3)47(35-19-11-7-12-20-35,36-21-13-8-14-22-36)43-44-48(37-23-15-9-16-24-37,38-25-17-10-18-26-38)40-28-30(2)32(4)34(6)42(40)46/h7-28H,1-6H3.